The predicted molar refractivity (Wildman–Crippen MR) is 106 cm³/mol. The van der Waals surface area contributed by atoms with Gasteiger partial charge in [0.1, 0.15) is 11.8 Å². The van der Waals surface area contributed by atoms with Crippen LogP contribution in [0.5, 0.6) is 5.75 Å². The van der Waals surface area contributed by atoms with Crippen LogP contribution in [0.3, 0.4) is 0 Å². The van der Waals surface area contributed by atoms with Crippen LogP contribution in [0.4, 0.5) is 18.9 Å². The SMILES string of the molecule is O=C(NC(CO)C(=O)Nc1cccc(C(F)(F)F)c1)c1cc(-n2cccc2)ccc1O. The first-order chi connectivity index (χ1) is 14.7. The molecule has 0 spiro atoms. The number of aromatic hydroxyl groups is 1. The molecule has 2 amide bonds. The van der Waals surface area contributed by atoms with Gasteiger partial charge < -0.3 is 25.4 Å². The number of nitrogens with zero attached hydrogens (tertiary/aromatic N) is 1. The van der Waals surface area contributed by atoms with Crippen LogP contribution >= 0.6 is 0 Å². The second-order valence-electron chi connectivity index (χ2n) is 6.57. The molecular weight excluding hydrogens is 415 g/mol. The lowest BCUT2D eigenvalue weighted by Gasteiger charge is -2.17. The zero-order valence-electron chi connectivity index (χ0n) is 15.9. The molecule has 31 heavy (non-hydrogen) atoms. The summed E-state index contributed by atoms with van der Waals surface area (Å²) >= 11 is 0. The van der Waals surface area contributed by atoms with Crippen molar-refractivity contribution in [1.29, 1.82) is 0 Å². The van der Waals surface area contributed by atoms with Gasteiger partial charge in [-0.15, -0.1) is 0 Å². The monoisotopic (exact) mass is 433 g/mol. The largest absolute Gasteiger partial charge is 0.507 e. The Kier molecular flexibility index (Phi) is 6.30. The van der Waals surface area contributed by atoms with Crippen LogP contribution in [-0.4, -0.2) is 39.2 Å². The van der Waals surface area contributed by atoms with E-state index in [-0.39, 0.29) is 17.0 Å². The third-order valence-corrected chi connectivity index (χ3v) is 4.39. The van der Waals surface area contributed by atoms with Gasteiger partial charge in [0.2, 0.25) is 5.91 Å². The zero-order valence-corrected chi connectivity index (χ0v) is 15.9. The Bertz CT molecular complexity index is 1080. The third-order valence-electron chi connectivity index (χ3n) is 4.39. The Labute approximate surface area is 174 Å². The third kappa shape index (κ3) is 5.23. The highest BCUT2D eigenvalue weighted by molar-refractivity contribution is 6.02. The average Bonchev–Trinajstić information content (AvgIpc) is 3.26. The van der Waals surface area contributed by atoms with Gasteiger partial charge in [-0.25, -0.2) is 0 Å². The summed E-state index contributed by atoms with van der Waals surface area (Å²) in [6.45, 7) is -0.811. The number of halogens is 3. The van der Waals surface area contributed by atoms with Crippen molar-refractivity contribution in [3.63, 3.8) is 0 Å². The summed E-state index contributed by atoms with van der Waals surface area (Å²) in [5.74, 6) is -2.11. The smallest absolute Gasteiger partial charge is 0.416 e. The van der Waals surface area contributed by atoms with Crippen LogP contribution in [0.25, 0.3) is 5.69 Å². The molecule has 3 rings (SSSR count). The van der Waals surface area contributed by atoms with E-state index in [1.54, 1.807) is 35.2 Å². The molecule has 0 aliphatic rings. The molecule has 0 saturated heterocycles. The maximum Gasteiger partial charge on any atom is 0.416 e. The van der Waals surface area contributed by atoms with Crippen molar-refractivity contribution in [2.75, 3.05) is 11.9 Å². The van der Waals surface area contributed by atoms with E-state index < -0.39 is 36.2 Å². The molecule has 1 aromatic heterocycles. The van der Waals surface area contributed by atoms with E-state index in [9.17, 15) is 33.0 Å². The fourth-order valence-electron chi connectivity index (χ4n) is 2.81. The van der Waals surface area contributed by atoms with E-state index >= 15 is 0 Å². The van der Waals surface area contributed by atoms with E-state index in [0.717, 1.165) is 18.2 Å². The lowest BCUT2D eigenvalue weighted by atomic mass is 10.1. The quantitative estimate of drug-likeness (QED) is 0.480. The van der Waals surface area contributed by atoms with Gasteiger partial charge in [0.15, 0.2) is 0 Å². The van der Waals surface area contributed by atoms with E-state index in [2.05, 4.69) is 10.6 Å². The van der Waals surface area contributed by atoms with Crippen molar-refractivity contribution in [2.24, 2.45) is 0 Å². The average molecular weight is 433 g/mol. The van der Waals surface area contributed by atoms with Crippen molar-refractivity contribution >= 4 is 17.5 Å². The number of aliphatic hydroxyl groups is 1. The van der Waals surface area contributed by atoms with Gasteiger partial charge in [0.05, 0.1) is 17.7 Å². The lowest BCUT2D eigenvalue weighted by molar-refractivity contribution is -0.137. The molecular formula is C21H18F3N3O4. The number of hydrogen-bond donors (Lipinski definition) is 4. The lowest BCUT2D eigenvalue weighted by Crippen LogP contribution is -2.46. The van der Waals surface area contributed by atoms with Gasteiger partial charge in [-0.05, 0) is 48.5 Å². The normalized spacial score (nSPS) is 12.3. The molecule has 3 aromatic rings. The van der Waals surface area contributed by atoms with E-state index in [4.69, 9.17) is 0 Å². The van der Waals surface area contributed by atoms with E-state index in [1.165, 1.54) is 18.2 Å². The number of phenols is 1. The fraction of sp³-hybridized carbons (Fsp3) is 0.143. The van der Waals surface area contributed by atoms with Gasteiger partial charge in [0.25, 0.3) is 5.91 Å². The topological polar surface area (TPSA) is 104 Å². The molecule has 0 bridgehead atoms. The minimum absolute atomic E-state index is 0.142. The highest BCUT2D eigenvalue weighted by Gasteiger charge is 2.31. The van der Waals surface area contributed by atoms with Gasteiger partial charge >= 0.3 is 6.18 Å². The molecule has 0 fully saturated rings. The molecule has 1 unspecified atom stereocenters. The van der Waals surface area contributed by atoms with Crippen molar-refractivity contribution in [3.05, 3.63) is 78.1 Å². The molecule has 162 valence electrons. The van der Waals surface area contributed by atoms with Crippen LogP contribution in [0, 0.1) is 0 Å². The minimum Gasteiger partial charge on any atom is -0.507 e. The summed E-state index contributed by atoms with van der Waals surface area (Å²) in [6, 6.07) is 10.3. The number of anilines is 1. The number of benzene rings is 2. The summed E-state index contributed by atoms with van der Waals surface area (Å²) in [5.41, 5.74) is -0.676. The Hall–Kier alpha value is -3.79. The first-order valence-electron chi connectivity index (χ1n) is 9.05. The van der Waals surface area contributed by atoms with Crippen LogP contribution in [-0.2, 0) is 11.0 Å². The summed E-state index contributed by atoms with van der Waals surface area (Å²) < 4.78 is 40.2. The number of aromatic nitrogens is 1. The number of phenolic OH excluding ortho intramolecular Hbond substituents is 1. The molecule has 0 saturated carbocycles. The maximum atomic E-state index is 12.8. The van der Waals surface area contributed by atoms with Crippen LogP contribution in [0.15, 0.2) is 67.0 Å². The number of aliphatic hydroxyl groups excluding tert-OH is 1. The second kappa shape index (κ2) is 8.92. The summed E-state index contributed by atoms with van der Waals surface area (Å²) in [4.78, 5) is 25.0. The second-order valence-corrected chi connectivity index (χ2v) is 6.57. The number of alkyl halides is 3. The highest BCUT2D eigenvalue weighted by Crippen LogP contribution is 2.30. The van der Waals surface area contributed by atoms with Crippen LogP contribution < -0.4 is 10.6 Å². The molecule has 2 aromatic carbocycles. The van der Waals surface area contributed by atoms with Crippen molar-refractivity contribution in [3.8, 4) is 11.4 Å². The molecule has 0 aliphatic heterocycles. The van der Waals surface area contributed by atoms with Gasteiger partial charge in [-0.1, -0.05) is 6.07 Å². The van der Waals surface area contributed by atoms with Crippen LogP contribution in [0.2, 0.25) is 0 Å². The summed E-state index contributed by atoms with van der Waals surface area (Å²) in [6.07, 6.45) is -1.13. The number of nitrogens with one attached hydrogen (secondary N) is 2. The number of carbonyl (C=O) groups excluding carboxylic acids is 2. The molecule has 10 heteroatoms. The first-order valence-corrected chi connectivity index (χ1v) is 9.05. The number of hydrogen-bond acceptors (Lipinski definition) is 4. The molecule has 1 heterocycles. The maximum absolute atomic E-state index is 12.8. The molecule has 1 atom stereocenters. The summed E-state index contributed by atoms with van der Waals surface area (Å²) in [7, 11) is 0. The standard InChI is InChI=1S/C21H18F3N3O4/c22-21(23,24)13-4-3-5-14(10-13)25-20(31)17(12-28)26-19(30)16-11-15(6-7-18(16)29)27-8-1-2-9-27/h1-11,17,28-29H,12H2,(H,25,31)(H,26,30). The minimum atomic E-state index is -4.59. The Morgan fingerprint density at radius 1 is 1.03 bits per heavy atom. The first kappa shape index (κ1) is 21.9. The molecule has 0 radical (unpaired) electrons. The molecule has 0 aliphatic carbocycles. The van der Waals surface area contributed by atoms with Gasteiger partial charge in [-0.2, -0.15) is 13.2 Å². The van der Waals surface area contributed by atoms with Crippen molar-refractivity contribution in [1.82, 2.24) is 9.88 Å². The van der Waals surface area contributed by atoms with E-state index in [0.29, 0.717) is 5.69 Å². The van der Waals surface area contributed by atoms with Gasteiger partial charge in [0, 0.05) is 23.8 Å². The van der Waals surface area contributed by atoms with Crippen molar-refractivity contribution < 1.29 is 33.0 Å². The van der Waals surface area contributed by atoms with E-state index in [1.807, 2.05) is 0 Å². The molecule has 4 N–H and O–H groups in total. The fourth-order valence-corrected chi connectivity index (χ4v) is 2.81. The highest BCUT2D eigenvalue weighted by atomic mass is 19.4. The molecule has 7 nitrogen and oxygen atoms in total. The Morgan fingerprint density at radius 3 is 2.39 bits per heavy atom. The Morgan fingerprint density at radius 2 is 1.74 bits per heavy atom. The number of carbonyl (C=O) groups is 2. The van der Waals surface area contributed by atoms with Gasteiger partial charge in [-0.3, -0.25) is 9.59 Å². The van der Waals surface area contributed by atoms with Crippen molar-refractivity contribution in [2.45, 2.75) is 12.2 Å². The number of amides is 2. The zero-order chi connectivity index (χ0) is 22.6. The number of rotatable bonds is 6. The Balaban J connectivity index is 1.74. The predicted octanol–water partition coefficient (Wildman–Crippen LogP) is 2.93. The van der Waals surface area contributed by atoms with Crippen LogP contribution in [0.1, 0.15) is 15.9 Å². The summed E-state index contributed by atoms with van der Waals surface area (Å²) in [5, 5.41) is 24.0.